The highest BCUT2D eigenvalue weighted by atomic mass is 35.5. The summed E-state index contributed by atoms with van der Waals surface area (Å²) in [5.74, 6) is -1.24. The van der Waals surface area contributed by atoms with E-state index in [2.05, 4.69) is 10.5 Å². The number of nitrogens with zero attached hydrogens (tertiary/aromatic N) is 3. The molecule has 29 heavy (non-hydrogen) atoms. The summed E-state index contributed by atoms with van der Waals surface area (Å²) in [4.78, 5) is 26.0. The van der Waals surface area contributed by atoms with Gasteiger partial charge < -0.3 is 9.47 Å². The van der Waals surface area contributed by atoms with Crippen LogP contribution in [0.2, 0.25) is 10.0 Å². The van der Waals surface area contributed by atoms with Crippen molar-refractivity contribution in [1.82, 2.24) is 14.9 Å². The zero-order chi connectivity index (χ0) is 21.0. The van der Waals surface area contributed by atoms with E-state index in [0.29, 0.717) is 23.1 Å². The third-order valence-corrected chi connectivity index (χ3v) is 5.62. The third kappa shape index (κ3) is 5.00. The van der Waals surface area contributed by atoms with Gasteiger partial charge >= 0.3 is 11.8 Å². The smallest absolute Gasteiger partial charge is 0.329 e. The summed E-state index contributed by atoms with van der Waals surface area (Å²) < 4.78 is 1.99. The van der Waals surface area contributed by atoms with Crippen LogP contribution in [0.25, 0.3) is 5.69 Å². The summed E-state index contributed by atoms with van der Waals surface area (Å²) in [6.45, 7) is 5.14. The number of halogens is 2. The average molecular weight is 435 g/mol. The maximum absolute atomic E-state index is 12.3. The number of hydrazone groups is 1. The van der Waals surface area contributed by atoms with E-state index in [1.54, 1.807) is 17.0 Å². The molecule has 6 nitrogen and oxygen atoms in total. The Balaban J connectivity index is 1.71. The molecule has 0 saturated carbocycles. The van der Waals surface area contributed by atoms with Gasteiger partial charge in [-0.15, -0.1) is 0 Å². The van der Waals surface area contributed by atoms with Gasteiger partial charge in [0.15, 0.2) is 0 Å². The molecule has 2 heterocycles. The molecule has 0 spiro atoms. The van der Waals surface area contributed by atoms with E-state index in [9.17, 15) is 9.59 Å². The van der Waals surface area contributed by atoms with Gasteiger partial charge in [0.2, 0.25) is 0 Å². The first-order chi connectivity index (χ1) is 13.9. The van der Waals surface area contributed by atoms with Crippen molar-refractivity contribution in [3.05, 3.63) is 51.3 Å². The number of carbonyl (C=O) groups excluding carboxylic acids is 2. The van der Waals surface area contributed by atoms with Gasteiger partial charge in [0.25, 0.3) is 0 Å². The molecule has 1 aromatic carbocycles. The van der Waals surface area contributed by atoms with Crippen LogP contribution in [-0.2, 0) is 9.59 Å². The first kappa shape index (κ1) is 21.4. The topological polar surface area (TPSA) is 66.7 Å². The molecular formula is C21H24Cl2N4O2. The maximum atomic E-state index is 12.3. The second-order valence-corrected chi connectivity index (χ2v) is 8.01. The van der Waals surface area contributed by atoms with Crippen molar-refractivity contribution >= 4 is 41.2 Å². The molecule has 1 aliphatic rings. The fourth-order valence-electron chi connectivity index (χ4n) is 3.58. The van der Waals surface area contributed by atoms with E-state index in [-0.39, 0.29) is 0 Å². The minimum absolute atomic E-state index is 0.525. The van der Waals surface area contributed by atoms with Gasteiger partial charge in [-0.2, -0.15) is 5.10 Å². The predicted molar refractivity (Wildman–Crippen MR) is 116 cm³/mol. The summed E-state index contributed by atoms with van der Waals surface area (Å²) >= 11 is 12.3. The minimum Gasteiger partial charge on any atom is -0.334 e. The van der Waals surface area contributed by atoms with Crippen LogP contribution in [0, 0.1) is 13.8 Å². The molecule has 154 valence electrons. The van der Waals surface area contributed by atoms with Gasteiger partial charge in [-0.25, -0.2) is 5.43 Å². The Morgan fingerprint density at radius 2 is 1.76 bits per heavy atom. The molecule has 0 bridgehead atoms. The van der Waals surface area contributed by atoms with Crippen molar-refractivity contribution in [3.8, 4) is 5.69 Å². The average Bonchev–Trinajstić information content (AvgIpc) is 2.87. The summed E-state index contributed by atoms with van der Waals surface area (Å²) in [6.07, 6.45) is 5.59. The quantitative estimate of drug-likeness (QED) is 0.445. The number of amides is 2. The lowest BCUT2D eigenvalue weighted by atomic mass is 10.2. The van der Waals surface area contributed by atoms with E-state index in [4.69, 9.17) is 23.2 Å². The molecule has 2 aromatic rings. The molecule has 2 amide bonds. The van der Waals surface area contributed by atoms with Crippen LogP contribution in [0.4, 0.5) is 0 Å². The number of aromatic nitrogens is 1. The minimum atomic E-state index is -0.710. The summed E-state index contributed by atoms with van der Waals surface area (Å²) in [5.41, 5.74) is 5.84. The lowest BCUT2D eigenvalue weighted by molar-refractivity contribution is -0.145. The van der Waals surface area contributed by atoms with Gasteiger partial charge in [0.1, 0.15) is 0 Å². The molecular weight excluding hydrogens is 411 g/mol. The zero-order valence-electron chi connectivity index (χ0n) is 16.5. The van der Waals surface area contributed by atoms with Crippen LogP contribution in [0.15, 0.2) is 29.4 Å². The predicted octanol–water partition coefficient (Wildman–Crippen LogP) is 4.25. The number of aryl methyl sites for hydroxylation is 1. The third-order valence-electron chi connectivity index (χ3n) is 5.08. The van der Waals surface area contributed by atoms with Crippen molar-refractivity contribution < 1.29 is 9.59 Å². The Hall–Kier alpha value is -2.31. The molecule has 1 aliphatic heterocycles. The van der Waals surface area contributed by atoms with Gasteiger partial charge in [-0.1, -0.05) is 36.0 Å². The SMILES string of the molecule is Cc1cc(/C=N/NC(=O)C(=O)N2CCCCCC2)c(C)n1-c1ccc(Cl)cc1Cl. The van der Waals surface area contributed by atoms with Gasteiger partial charge in [0.05, 0.1) is 16.9 Å². The second-order valence-electron chi connectivity index (χ2n) is 7.16. The Morgan fingerprint density at radius 3 is 2.41 bits per heavy atom. The molecule has 8 heteroatoms. The highest BCUT2D eigenvalue weighted by Crippen LogP contribution is 2.28. The number of likely N-dealkylation sites (tertiary alicyclic amines) is 1. The number of benzene rings is 1. The van der Waals surface area contributed by atoms with E-state index < -0.39 is 11.8 Å². The lowest BCUT2D eigenvalue weighted by Crippen LogP contribution is -2.41. The normalized spacial score (nSPS) is 14.8. The monoisotopic (exact) mass is 434 g/mol. The highest BCUT2D eigenvalue weighted by Gasteiger charge is 2.22. The fraction of sp³-hybridized carbons (Fsp3) is 0.381. The number of hydrogen-bond donors (Lipinski definition) is 1. The number of carbonyl (C=O) groups is 2. The van der Waals surface area contributed by atoms with Crippen molar-refractivity contribution in [2.45, 2.75) is 39.5 Å². The number of hydrogen-bond acceptors (Lipinski definition) is 3. The van der Waals surface area contributed by atoms with Crippen LogP contribution < -0.4 is 5.43 Å². The Labute approximate surface area is 180 Å². The highest BCUT2D eigenvalue weighted by molar-refractivity contribution is 6.36. The molecule has 3 rings (SSSR count). The summed E-state index contributed by atoms with van der Waals surface area (Å²) in [6, 6.07) is 7.27. The molecule has 1 fully saturated rings. The molecule has 1 saturated heterocycles. The largest absolute Gasteiger partial charge is 0.334 e. The second kappa shape index (κ2) is 9.46. The number of rotatable bonds is 3. The van der Waals surface area contributed by atoms with Crippen LogP contribution in [0.1, 0.15) is 42.6 Å². The van der Waals surface area contributed by atoms with Crippen molar-refractivity contribution in [2.24, 2.45) is 5.10 Å². The van der Waals surface area contributed by atoms with Crippen LogP contribution in [0.3, 0.4) is 0 Å². The maximum Gasteiger partial charge on any atom is 0.329 e. The zero-order valence-corrected chi connectivity index (χ0v) is 18.1. The summed E-state index contributed by atoms with van der Waals surface area (Å²) in [7, 11) is 0. The van der Waals surface area contributed by atoms with Crippen molar-refractivity contribution in [3.63, 3.8) is 0 Å². The van der Waals surface area contributed by atoms with Crippen LogP contribution in [-0.4, -0.2) is 40.6 Å². The Morgan fingerprint density at radius 1 is 1.07 bits per heavy atom. The number of nitrogens with one attached hydrogen (secondary N) is 1. The molecule has 0 unspecified atom stereocenters. The van der Waals surface area contributed by atoms with Crippen LogP contribution >= 0.6 is 23.2 Å². The molecule has 1 aromatic heterocycles. The first-order valence-corrected chi connectivity index (χ1v) is 10.4. The molecule has 0 atom stereocenters. The lowest BCUT2D eigenvalue weighted by Gasteiger charge is -2.18. The van der Waals surface area contributed by atoms with Gasteiger partial charge in [-0.05, 0) is 51.0 Å². The van der Waals surface area contributed by atoms with E-state index in [1.807, 2.05) is 30.5 Å². The summed E-state index contributed by atoms with van der Waals surface area (Å²) in [5, 5.41) is 5.10. The van der Waals surface area contributed by atoms with Crippen LogP contribution in [0.5, 0.6) is 0 Å². The van der Waals surface area contributed by atoms with E-state index >= 15 is 0 Å². The molecule has 1 N–H and O–H groups in total. The van der Waals surface area contributed by atoms with Gasteiger partial charge in [0, 0.05) is 35.1 Å². The molecule has 0 radical (unpaired) electrons. The fourth-order valence-corrected chi connectivity index (χ4v) is 4.07. The Kier molecular flexibility index (Phi) is 6.98. The first-order valence-electron chi connectivity index (χ1n) is 9.65. The van der Waals surface area contributed by atoms with Crippen molar-refractivity contribution in [1.29, 1.82) is 0 Å². The molecule has 0 aliphatic carbocycles. The van der Waals surface area contributed by atoms with Crippen molar-refractivity contribution in [2.75, 3.05) is 13.1 Å². The van der Waals surface area contributed by atoms with E-state index in [0.717, 1.165) is 48.3 Å². The Bertz CT molecular complexity index is 944. The van der Waals surface area contributed by atoms with E-state index in [1.165, 1.54) is 6.21 Å². The standard InChI is InChI=1S/C21H24Cl2N4O2/c1-14-11-16(15(2)27(14)19-8-7-17(22)12-18(19)23)13-24-25-20(28)21(29)26-9-5-3-4-6-10-26/h7-8,11-13H,3-6,9-10H2,1-2H3,(H,25,28)/b24-13+. The van der Waals surface area contributed by atoms with Gasteiger partial charge in [-0.3, -0.25) is 9.59 Å².